The number of pyridine rings is 1. The second kappa shape index (κ2) is 5.51. The minimum atomic E-state index is 0.616. The van der Waals surface area contributed by atoms with E-state index in [0.717, 1.165) is 17.3 Å². The van der Waals surface area contributed by atoms with Gasteiger partial charge in [-0.25, -0.2) is 0 Å². The molecule has 0 radical (unpaired) electrons. The fourth-order valence-electron chi connectivity index (χ4n) is 2.14. The van der Waals surface area contributed by atoms with Gasteiger partial charge in [-0.2, -0.15) is 0 Å². The van der Waals surface area contributed by atoms with Crippen LogP contribution < -0.4 is 5.32 Å². The smallest absolute Gasteiger partial charge is 0.0716 e. The Balaban J connectivity index is 1.89. The number of anilines is 1. The maximum absolute atomic E-state index is 6.06. The fourth-order valence-corrected chi connectivity index (χ4v) is 2.31. The van der Waals surface area contributed by atoms with E-state index >= 15 is 0 Å². The first-order valence-corrected chi connectivity index (χ1v) is 6.19. The number of likely N-dealkylation sites (tertiary alicyclic amines) is 1. The molecule has 88 valence electrons. The third kappa shape index (κ3) is 2.86. The van der Waals surface area contributed by atoms with Crippen molar-refractivity contribution in [3.05, 3.63) is 23.5 Å². The summed E-state index contributed by atoms with van der Waals surface area (Å²) in [7, 11) is 2.19. The zero-order valence-corrected chi connectivity index (χ0v) is 10.4. The molecule has 1 N–H and O–H groups in total. The zero-order chi connectivity index (χ0) is 11.4. The average molecular weight is 240 g/mol. The summed E-state index contributed by atoms with van der Waals surface area (Å²) in [5.41, 5.74) is 0.933. The van der Waals surface area contributed by atoms with Gasteiger partial charge in [-0.3, -0.25) is 4.98 Å². The van der Waals surface area contributed by atoms with E-state index in [9.17, 15) is 0 Å². The van der Waals surface area contributed by atoms with Gasteiger partial charge in [0.15, 0.2) is 0 Å². The van der Waals surface area contributed by atoms with Crippen molar-refractivity contribution in [2.45, 2.75) is 25.3 Å². The summed E-state index contributed by atoms with van der Waals surface area (Å²) in [5.74, 6) is 0. The minimum Gasteiger partial charge on any atom is -0.381 e. The minimum absolute atomic E-state index is 0.616. The second-order valence-corrected chi connectivity index (χ2v) is 4.77. The lowest BCUT2D eigenvalue weighted by Crippen LogP contribution is -2.40. The molecule has 1 fully saturated rings. The molecule has 1 aromatic rings. The van der Waals surface area contributed by atoms with Crippen molar-refractivity contribution in [1.82, 2.24) is 9.88 Å². The fraction of sp³-hybridized carbons (Fsp3) is 0.583. The van der Waals surface area contributed by atoms with Gasteiger partial charge in [0.05, 0.1) is 16.9 Å². The number of hydrogen-bond donors (Lipinski definition) is 1. The lowest BCUT2D eigenvalue weighted by molar-refractivity contribution is 0.194. The number of halogens is 1. The molecule has 0 spiro atoms. The molecule has 1 aliphatic heterocycles. The van der Waals surface area contributed by atoms with Gasteiger partial charge in [0.2, 0.25) is 0 Å². The van der Waals surface area contributed by atoms with E-state index in [4.69, 9.17) is 11.6 Å². The van der Waals surface area contributed by atoms with Crippen LogP contribution in [0.25, 0.3) is 0 Å². The van der Waals surface area contributed by atoms with Gasteiger partial charge < -0.3 is 10.2 Å². The van der Waals surface area contributed by atoms with Crippen molar-refractivity contribution >= 4 is 17.3 Å². The van der Waals surface area contributed by atoms with Crippen LogP contribution in [-0.2, 0) is 0 Å². The number of nitrogens with zero attached hydrogens (tertiary/aromatic N) is 2. The highest BCUT2D eigenvalue weighted by Crippen LogP contribution is 2.21. The number of rotatable bonds is 3. The van der Waals surface area contributed by atoms with E-state index < -0.39 is 0 Å². The molecule has 0 aromatic carbocycles. The Labute approximate surface area is 102 Å². The first kappa shape index (κ1) is 11.7. The van der Waals surface area contributed by atoms with Crippen LogP contribution in [0.1, 0.15) is 19.3 Å². The highest BCUT2D eigenvalue weighted by Gasteiger charge is 2.18. The first-order valence-electron chi connectivity index (χ1n) is 5.81. The maximum atomic E-state index is 6.06. The van der Waals surface area contributed by atoms with E-state index in [1.165, 1.54) is 25.8 Å². The Morgan fingerprint density at radius 2 is 2.44 bits per heavy atom. The van der Waals surface area contributed by atoms with E-state index in [1.54, 1.807) is 12.4 Å². The van der Waals surface area contributed by atoms with Crippen molar-refractivity contribution in [1.29, 1.82) is 0 Å². The van der Waals surface area contributed by atoms with Gasteiger partial charge in [-0.05, 0) is 32.5 Å². The van der Waals surface area contributed by atoms with Crippen molar-refractivity contribution in [2.75, 3.05) is 25.5 Å². The predicted molar refractivity (Wildman–Crippen MR) is 68.0 cm³/mol. The summed E-state index contributed by atoms with van der Waals surface area (Å²) in [6.45, 7) is 2.15. The third-order valence-electron chi connectivity index (χ3n) is 3.22. The molecule has 1 aromatic heterocycles. The molecule has 1 saturated heterocycles. The van der Waals surface area contributed by atoms with Gasteiger partial charge in [0, 0.05) is 18.8 Å². The molecule has 16 heavy (non-hydrogen) atoms. The maximum Gasteiger partial charge on any atom is 0.0716 e. The molecule has 0 saturated carbocycles. The van der Waals surface area contributed by atoms with E-state index in [0.29, 0.717) is 6.04 Å². The topological polar surface area (TPSA) is 28.2 Å². The van der Waals surface area contributed by atoms with Crippen LogP contribution in [0.2, 0.25) is 5.02 Å². The van der Waals surface area contributed by atoms with Crippen LogP contribution in [0.5, 0.6) is 0 Å². The summed E-state index contributed by atoms with van der Waals surface area (Å²) < 4.78 is 0. The number of hydrogen-bond acceptors (Lipinski definition) is 3. The summed E-state index contributed by atoms with van der Waals surface area (Å²) >= 11 is 6.06. The normalized spacial score (nSPS) is 22.0. The summed E-state index contributed by atoms with van der Waals surface area (Å²) in [6, 6.07) is 2.43. The van der Waals surface area contributed by atoms with E-state index in [1.807, 2.05) is 6.07 Å². The molecular weight excluding hydrogens is 222 g/mol. The monoisotopic (exact) mass is 239 g/mol. The van der Waals surface area contributed by atoms with Crippen molar-refractivity contribution in [2.24, 2.45) is 0 Å². The first-order chi connectivity index (χ1) is 7.77. The number of aromatic nitrogens is 1. The van der Waals surface area contributed by atoms with Crippen molar-refractivity contribution in [3.63, 3.8) is 0 Å². The highest BCUT2D eigenvalue weighted by atomic mass is 35.5. The van der Waals surface area contributed by atoms with Gasteiger partial charge in [0.25, 0.3) is 0 Å². The molecule has 1 atom stereocenters. The molecule has 4 heteroatoms. The Hall–Kier alpha value is -0.800. The quantitative estimate of drug-likeness (QED) is 0.879. The summed E-state index contributed by atoms with van der Waals surface area (Å²) in [5, 5.41) is 4.12. The van der Waals surface area contributed by atoms with Crippen LogP contribution in [0.4, 0.5) is 5.69 Å². The molecule has 0 bridgehead atoms. The second-order valence-electron chi connectivity index (χ2n) is 4.37. The van der Waals surface area contributed by atoms with Gasteiger partial charge >= 0.3 is 0 Å². The largest absolute Gasteiger partial charge is 0.381 e. The number of likely N-dealkylation sites (N-methyl/N-ethyl adjacent to an activating group) is 1. The summed E-state index contributed by atoms with van der Waals surface area (Å²) in [4.78, 5) is 6.49. The van der Waals surface area contributed by atoms with E-state index in [2.05, 4.69) is 22.2 Å². The molecule has 0 amide bonds. The van der Waals surface area contributed by atoms with E-state index in [-0.39, 0.29) is 0 Å². The van der Waals surface area contributed by atoms with Crippen LogP contribution >= 0.6 is 11.6 Å². The van der Waals surface area contributed by atoms with Gasteiger partial charge in [-0.1, -0.05) is 18.0 Å². The number of nitrogens with one attached hydrogen (secondary N) is 1. The molecule has 2 rings (SSSR count). The van der Waals surface area contributed by atoms with Gasteiger partial charge in [-0.15, -0.1) is 0 Å². The van der Waals surface area contributed by atoms with Crippen LogP contribution in [-0.4, -0.2) is 36.1 Å². The Kier molecular flexibility index (Phi) is 4.02. The summed E-state index contributed by atoms with van der Waals surface area (Å²) in [6.07, 6.45) is 7.41. The highest BCUT2D eigenvalue weighted by molar-refractivity contribution is 6.33. The molecule has 0 aliphatic carbocycles. The lowest BCUT2D eigenvalue weighted by Gasteiger charge is -2.32. The molecule has 1 aliphatic rings. The van der Waals surface area contributed by atoms with Crippen LogP contribution in [0.15, 0.2) is 18.5 Å². The average Bonchev–Trinajstić information content (AvgIpc) is 2.30. The van der Waals surface area contributed by atoms with Crippen molar-refractivity contribution in [3.8, 4) is 0 Å². The van der Waals surface area contributed by atoms with Gasteiger partial charge in [0.1, 0.15) is 0 Å². The zero-order valence-electron chi connectivity index (χ0n) is 9.62. The third-order valence-corrected chi connectivity index (χ3v) is 3.55. The number of piperidine rings is 1. The van der Waals surface area contributed by atoms with Crippen molar-refractivity contribution < 1.29 is 0 Å². The van der Waals surface area contributed by atoms with Crippen LogP contribution in [0.3, 0.4) is 0 Å². The standard InChI is InChI=1S/C12H18ClN3/c1-16-7-3-2-4-10(16)8-15-12-9-14-6-5-11(12)13/h5-6,9-10,15H,2-4,7-8H2,1H3. The Bertz CT molecular complexity index is 343. The van der Waals surface area contributed by atoms with Crippen LogP contribution in [0, 0.1) is 0 Å². The SMILES string of the molecule is CN1CCCCC1CNc1cnccc1Cl. The molecule has 3 nitrogen and oxygen atoms in total. The Morgan fingerprint density at radius 3 is 3.19 bits per heavy atom. The lowest BCUT2D eigenvalue weighted by atomic mass is 10.0. The molecular formula is C12H18ClN3. The Morgan fingerprint density at radius 1 is 1.56 bits per heavy atom. The molecule has 1 unspecified atom stereocenters. The molecule has 2 heterocycles. The predicted octanol–water partition coefficient (Wildman–Crippen LogP) is 2.63.